The highest BCUT2D eigenvalue weighted by molar-refractivity contribution is 5.77. The van der Waals surface area contributed by atoms with Gasteiger partial charge in [-0.2, -0.15) is 0 Å². The van der Waals surface area contributed by atoms with Gasteiger partial charge in [-0.1, -0.05) is 0 Å². The second-order valence-corrected chi connectivity index (χ2v) is 3.52. The van der Waals surface area contributed by atoms with Crippen molar-refractivity contribution in [3.05, 3.63) is 22.7 Å². The Labute approximate surface area is 94.2 Å². The lowest BCUT2D eigenvalue weighted by atomic mass is 10.3. The third kappa shape index (κ3) is 2.82. The second kappa shape index (κ2) is 5.29. The van der Waals surface area contributed by atoms with Gasteiger partial charge in [-0.15, -0.1) is 0 Å². The van der Waals surface area contributed by atoms with Crippen LogP contribution in [0.1, 0.15) is 13.3 Å². The van der Waals surface area contributed by atoms with E-state index in [9.17, 15) is 4.79 Å². The van der Waals surface area contributed by atoms with Crippen LogP contribution >= 0.6 is 0 Å². The van der Waals surface area contributed by atoms with Crippen molar-refractivity contribution in [2.45, 2.75) is 13.3 Å². The normalized spacial score (nSPS) is 10.1. The molecule has 0 atom stereocenters. The molecule has 0 aliphatic rings. The number of hydrogen-bond acceptors (Lipinski definition) is 4. The Kier molecular flexibility index (Phi) is 4.04. The van der Waals surface area contributed by atoms with Crippen LogP contribution in [0.3, 0.4) is 0 Å². The Morgan fingerprint density at radius 1 is 1.69 bits per heavy atom. The first kappa shape index (κ1) is 12.2. The van der Waals surface area contributed by atoms with Crippen molar-refractivity contribution in [1.29, 1.82) is 5.41 Å². The molecule has 0 amide bonds. The van der Waals surface area contributed by atoms with Crippen molar-refractivity contribution in [3.63, 3.8) is 0 Å². The Morgan fingerprint density at radius 2 is 2.38 bits per heavy atom. The van der Waals surface area contributed by atoms with Gasteiger partial charge >= 0.3 is 0 Å². The molecule has 0 aromatic carbocycles. The minimum Gasteiger partial charge on any atom is -0.388 e. The standard InChI is InChI=1S/C10H17N5O/c1-3-15(6-4-8(11)12)9-10(16)14(2)7-5-13-9/h5,7H,3-4,6H2,1-2H3,(H3,11,12). The monoisotopic (exact) mass is 223 g/mol. The van der Waals surface area contributed by atoms with Gasteiger partial charge in [-0.3, -0.25) is 10.2 Å². The average molecular weight is 223 g/mol. The maximum Gasteiger partial charge on any atom is 0.293 e. The zero-order valence-corrected chi connectivity index (χ0v) is 9.60. The van der Waals surface area contributed by atoms with Crippen LogP contribution in [-0.2, 0) is 7.05 Å². The third-order valence-electron chi connectivity index (χ3n) is 2.33. The molecule has 1 heterocycles. The highest BCUT2D eigenvalue weighted by Crippen LogP contribution is 2.03. The largest absolute Gasteiger partial charge is 0.388 e. The summed E-state index contributed by atoms with van der Waals surface area (Å²) in [5.41, 5.74) is 5.16. The van der Waals surface area contributed by atoms with Crippen LogP contribution in [-0.4, -0.2) is 28.5 Å². The molecule has 0 bridgehead atoms. The molecular weight excluding hydrogens is 206 g/mol. The highest BCUT2D eigenvalue weighted by atomic mass is 16.1. The number of amidine groups is 1. The summed E-state index contributed by atoms with van der Waals surface area (Å²) in [7, 11) is 1.69. The molecule has 0 aliphatic carbocycles. The number of nitrogens with zero attached hydrogens (tertiary/aromatic N) is 3. The summed E-state index contributed by atoms with van der Waals surface area (Å²) < 4.78 is 1.48. The van der Waals surface area contributed by atoms with Gasteiger partial charge in [0.25, 0.3) is 5.56 Å². The van der Waals surface area contributed by atoms with Gasteiger partial charge in [0.15, 0.2) is 5.82 Å². The second-order valence-electron chi connectivity index (χ2n) is 3.52. The first-order valence-electron chi connectivity index (χ1n) is 5.15. The Morgan fingerprint density at radius 3 is 2.94 bits per heavy atom. The van der Waals surface area contributed by atoms with E-state index in [4.69, 9.17) is 11.1 Å². The molecule has 0 fully saturated rings. The van der Waals surface area contributed by atoms with E-state index in [0.29, 0.717) is 25.3 Å². The highest BCUT2D eigenvalue weighted by Gasteiger charge is 2.10. The fraction of sp³-hybridized carbons (Fsp3) is 0.500. The fourth-order valence-corrected chi connectivity index (χ4v) is 1.37. The van der Waals surface area contributed by atoms with Crippen molar-refractivity contribution in [2.75, 3.05) is 18.0 Å². The molecule has 16 heavy (non-hydrogen) atoms. The summed E-state index contributed by atoms with van der Waals surface area (Å²) >= 11 is 0. The SMILES string of the molecule is CCN(CCC(=N)N)c1nccn(C)c1=O. The summed E-state index contributed by atoms with van der Waals surface area (Å²) in [4.78, 5) is 17.7. The number of nitrogens with two attached hydrogens (primary N) is 1. The minimum atomic E-state index is -0.132. The molecule has 88 valence electrons. The number of nitrogens with one attached hydrogen (secondary N) is 1. The smallest absolute Gasteiger partial charge is 0.293 e. The van der Waals surface area contributed by atoms with Gasteiger partial charge in [0.2, 0.25) is 0 Å². The maximum atomic E-state index is 11.8. The number of aromatic nitrogens is 2. The lowest BCUT2D eigenvalue weighted by Crippen LogP contribution is -2.34. The minimum absolute atomic E-state index is 0.117. The fourth-order valence-electron chi connectivity index (χ4n) is 1.37. The number of hydrogen-bond donors (Lipinski definition) is 2. The van der Waals surface area contributed by atoms with Gasteiger partial charge in [0.05, 0.1) is 5.84 Å². The van der Waals surface area contributed by atoms with Crippen molar-refractivity contribution >= 4 is 11.7 Å². The van der Waals surface area contributed by atoms with E-state index in [1.54, 1.807) is 19.4 Å². The van der Waals surface area contributed by atoms with Crippen LogP contribution in [0, 0.1) is 5.41 Å². The molecule has 0 saturated carbocycles. The number of anilines is 1. The van der Waals surface area contributed by atoms with Crippen molar-refractivity contribution in [2.24, 2.45) is 12.8 Å². The van der Waals surface area contributed by atoms with Gasteiger partial charge in [-0.05, 0) is 6.92 Å². The molecule has 6 nitrogen and oxygen atoms in total. The van der Waals surface area contributed by atoms with Crippen LogP contribution in [0.15, 0.2) is 17.2 Å². The average Bonchev–Trinajstić information content (AvgIpc) is 2.24. The molecule has 0 unspecified atom stereocenters. The first-order chi connectivity index (χ1) is 7.56. The van der Waals surface area contributed by atoms with E-state index < -0.39 is 0 Å². The molecule has 1 aromatic rings. The van der Waals surface area contributed by atoms with E-state index in [1.165, 1.54) is 4.57 Å². The predicted molar refractivity (Wildman–Crippen MR) is 63.9 cm³/mol. The van der Waals surface area contributed by atoms with Gasteiger partial charge in [-0.25, -0.2) is 4.98 Å². The summed E-state index contributed by atoms with van der Waals surface area (Å²) in [5, 5.41) is 7.17. The van der Waals surface area contributed by atoms with Crippen LogP contribution in [0.5, 0.6) is 0 Å². The van der Waals surface area contributed by atoms with E-state index in [-0.39, 0.29) is 11.4 Å². The molecule has 3 N–H and O–H groups in total. The molecule has 0 aliphatic heterocycles. The first-order valence-corrected chi connectivity index (χ1v) is 5.15. The van der Waals surface area contributed by atoms with Crippen molar-refractivity contribution in [3.8, 4) is 0 Å². The topological polar surface area (TPSA) is 88.0 Å². The molecule has 0 saturated heterocycles. The van der Waals surface area contributed by atoms with E-state index >= 15 is 0 Å². The summed E-state index contributed by atoms with van der Waals surface area (Å²) in [6, 6.07) is 0. The van der Waals surface area contributed by atoms with Crippen molar-refractivity contribution in [1.82, 2.24) is 9.55 Å². The van der Waals surface area contributed by atoms with Crippen molar-refractivity contribution < 1.29 is 0 Å². The van der Waals surface area contributed by atoms with Crippen LogP contribution in [0.4, 0.5) is 5.82 Å². The zero-order valence-electron chi connectivity index (χ0n) is 9.60. The number of rotatable bonds is 5. The third-order valence-corrected chi connectivity index (χ3v) is 2.33. The maximum absolute atomic E-state index is 11.8. The van der Waals surface area contributed by atoms with Crippen LogP contribution in [0.2, 0.25) is 0 Å². The molecule has 0 radical (unpaired) electrons. The van der Waals surface area contributed by atoms with E-state index in [1.807, 2.05) is 11.8 Å². The predicted octanol–water partition coefficient (Wildman–Crippen LogP) is -0.0673. The lowest BCUT2D eigenvalue weighted by Gasteiger charge is -2.20. The van der Waals surface area contributed by atoms with Gasteiger partial charge < -0.3 is 15.2 Å². The van der Waals surface area contributed by atoms with Gasteiger partial charge in [0.1, 0.15) is 0 Å². The zero-order chi connectivity index (χ0) is 12.1. The summed E-state index contributed by atoms with van der Waals surface area (Å²) in [5.74, 6) is 0.528. The Bertz CT molecular complexity index is 425. The summed E-state index contributed by atoms with van der Waals surface area (Å²) in [6.45, 7) is 3.14. The lowest BCUT2D eigenvalue weighted by molar-refractivity contribution is 0.768. The van der Waals surface area contributed by atoms with Gasteiger partial charge in [0, 0.05) is 39.0 Å². The Balaban J connectivity index is 2.91. The van der Waals surface area contributed by atoms with Crippen LogP contribution in [0.25, 0.3) is 0 Å². The van der Waals surface area contributed by atoms with E-state index in [2.05, 4.69) is 4.98 Å². The quantitative estimate of drug-likeness (QED) is 0.540. The van der Waals surface area contributed by atoms with Crippen LogP contribution < -0.4 is 16.2 Å². The summed E-state index contributed by atoms with van der Waals surface area (Å²) in [6.07, 6.45) is 3.64. The Hall–Kier alpha value is -1.85. The number of aryl methyl sites for hydroxylation is 1. The van der Waals surface area contributed by atoms with E-state index in [0.717, 1.165) is 0 Å². The molecule has 6 heteroatoms. The molecule has 1 rings (SSSR count). The molecule has 1 aromatic heterocycles. The molecular formula is C10H17N5O. The molecule has 0 spiro atoms.